The first kappa shape index (κ1) is 20.0. The van der Waals surface area contributed by atoms with Crippen LogP contribution in [0.15, 0.2) is 42.7 Å². The molecular formula is C20H26FN5O2. The Morgan fingerprint density at radius 1 is 1.29 bits per heavy atom. The molecule has 0 unspecified atom stereocenters. The maximum Gasteiger partial charge on any atom is 0.251 e. The Morgan fingerprint density at radius 3 is 2.61 bits per heavy atom. The second-order valence-corrected chi connectivity index (χ2v) is 6.95. The van der Waals surface area contributed by atoms with Gasteiger partial charge in [0.2, 0.25) is 5.91 Å². The van der Waals surface area contributed by atoms with Crippen molar-refractivity contribution in [3.05, 3.63) is 54.1 Å². The van der Waals surface area contributed by atoms with Crippen LogP contribution in [0.1, 0.15) is 25.3 Å². The van der Waals surface area contributed by atoms with Crippen LogP contribution < -0.4 is 10.6 Å². The predicted octanol–water partition coefficient (Wildman–Crippen LogP) is 1.27. The molecule has 2 heterocycles. The van der Waals surface area contributed by atoms with Crippen LogP contribution in [0.25, 0.3) is 0 Å². The number of halogens is 1. The lowest BCUT2D eigenvalue weighted by molar-refractivity contribution is -0.145. The average molecular weight is 387 g/mol. The van der Waals surface area contributed by atoms with E-state index < -0.39 is 5.54 Å². The van der Waals surface area contributed by atoms with E-state index in [4.69, 9.17) is 0 Å². The number of carbonyl (C=O) groups excluding carboxylic acids is 2. The lowest BCUT2D eigenvalue weighted by Gasteiger charge is -2.39. The van der Waals surface area contributed by atoms with Gasteiger partial charge in [0.15, 0.2) is 0 Å². The summed E-state index contributed by atoms with van der Waals surface area (Å²) in [5.74, 6) is -0.648. The van der Waals surface area contributed by atoms with Crippen LogP contribution in [0.4, 0.5) is 4.39 Å². The van der Waals surface area contributed by atoms with Gasteiger partial charge < -0.3 is 15.5 Å². The van der Waals surface area contributed by atoms with E-state index in [0.717, 1.165) is 18.7 Å². The fourth-order valence-corrected chi connectivity index (χ4v) is 3.56. The van der Waals surface area contributed by atoms with Crippen molar-refractivity contribution in [3.8, 4) is 0 Å². The van der Waals surface area contributed by atoms with Crippen molar-refractivity contribution < 1.29 is 14.0 Å². The third kappa shape index (κ3) is 4.39. The van der Waals surface area contributed by atoms with E-state index in [1.807, 2.05) is 19.2 Å². The number of carbonyl (C=O) groups is 2. The van der Waals surface area contributed by atoms with Crippen molar-refractivity contribution in [2.45, 2.75) is 31.8 Å². The molecule has 2 aromatic rings. The van der Waals surface area contributed by atoms with Gasteiger partial charge in [-0.15, -0.1) is 0 Å². The largest absolute Gasteiger partial charge is 0.350 e. The number of nitrogens with zero attached hydrogens (tertiary/aromatic N) is 3. The summed E-state index contributed by atoms with van der Waals surface area (Å²) >= 11 is 0. The van der Waals surface area contributed by atoms with E-state index in [1.54, 1.807) is 27.9 Å². The van der Waals surface area contributed by atoms with Gasteiger partial charge in [0, 0.05) is 25.5 Å². The molecular weight excluding hydrogens is 361 g/mol. The molecule has 1 fully saturated rings. The van der Waals surface area contributed by atoms with Crippen molar-refractivity contribution in [2.75, 3.05) is 26.2 Å². The Morgan fingerprint density at radius 2 is 2.00 bits per heavy atom. The molecule has 1 aliphatic rings. The summed E-state index contributed by atoms with van der Waals surface area (Å²) in [6, 6.07) is 7.77. The van der Waals surface area contributed by atoms with Crippen LogP contribution in [-0.2, 0) is 21.7 Å². The zero-order valence-electron chi connectivity index (χ0n) is 16.0. The van der Waals surface area contributed by atoms with E-state index >= 15 is 0 Å². The van der Waals surface area contributed by atoms with Crippen LogP contribution in [0, 0.1) is 5.82 Å². The summed E-state index contributed by atoms with van der Waals surface area (Å²) in [6.07, 6.45) is 4.73. The number of likely N-dealkylation sites (N-methyl/N-ethyl adjacent to an activating group) is 1. The summed E-state index contributed by atoms with van der Waals surface area (Å²) < 4.78 is 14.7. The minimum absolute atomic E-state index is 0.0209. The highest BCUT2D eigenvalue weighted by Gasteiger charge is 2.44. The van der Waals surface area contributed by atoms with Gasteiger partial charge in [-0.1, -0.05) is 12.1 Å². The molecule has 150 valence electrons. The average Bonchev–Trinajstić information content (AvgIpc) is 3.27. The highest BCUT2D eigenvalue weighted by atomic mass is 19.1. The second-order valence-electron chi connectivity index (χ2n) is 6.95. The lowest BCUT2D eigenvalue weighted by atomic mass is 9.86. The summed E-state index contributed by atoms with van der Waals surface area (Å²) in [6.45, 7) is 4.01. The van der Waals surface area contributed by atoms with Crippen molar-refractivity contribution >= 4 is 11.8 Å². The van der Waals surface area contributed by atoms with Gasteiger partial charge >= 0.3 is 0 Å². The van der Waals surface area contributed by atoms with E-state index in [2.05, 4.69) is 15.7 Å². The van der Waals surface area contributed by atoms with Crippen molar-refractivity contribution in [1.29, 1.82) is 0 Å². The number of benzene rings is 1. The number of amides is 2. The molecule has 0 bridgehead atoms. The minimum atomic E-state index is -0.762. The Hall–Kier alpha value is -2.74. The van der Waals surface area contributed by atoms with Gasteiger partial charge in [0.05, 0.1) is 6.54 Å². The van der Waals surface area contributed by atoms with E-state index in [1.165, 1.54) is 12.1 Å². The SMILES string of the molecule is CCN(CC(=O)NCc1ccc(F)cc1)C(=O)C1(n2cccn2)CCNCC1. The fraction of sp³-hybridized carbons (Fsp3) is 0.450. The van der Waals surface area contributed by atoms with Gasteiger partial charge in [-0.25, -0.2) is 4.39 Å². The first-order chi connectivity index (χ1) is 13.5. The molecule has 0 saturated carbocycles. The number of hydrogen-bond donors (Lipinski definition) is 2. The highest BCUT2D eigenvalue weighted by Crippen LogP contribution is 2.29. The Balaban J connectivity index is 1.66. The molecule has 1 aromatic heterocycles. The van der Waals surface area contributed by atoms with E-state index in [9.17, 15) is 14.0 Å². The van der Waals surface area contributed by atoms with E-state index in [0.29, 0.717) is 25.9 Å². The molecule has 1 aliphatic heterocycles. The highest BCUT2D eigenvalue weighted by molar-refractivity contribution is 5.89. The van der Waals surface area contributed by atoms with Crippen molar-refractivity contribution in [1.82, 2.24) is 25.3 Å². The zero-order chi connectivity index (χ0) is 20.0. The number of rotatable bonds is 7. The summed E-state index contributed by atoms with van der Waals surface area (Å²) in [7, 11) is 0. The summed E-state index contributed by atoms with van der Waals surface area (Å²) in [5, 5.41) is 10.4. The summed E-state index contributed by atoms with van der Waals surface area (Å²) in [5.41, 5.74) is 0.0395. The van der Waals surface area contributed by atoms with Gasteiger partial charge in [-0.2, -0.15) is 5.10 Å². The third-order valence-electron chi connectivity index (χ3n) is 5.18. The minimum Gasteiger partial charge on any atom is -0.350 e. The van der Waals surface area contributed by atoms with Gasteiger partial charge in [-0.05, 0) is 56.6 Å². The maximum absolute atomic E-state index is 13.4. The van der Waals surface area contributed by atoms with Crippen molar-refractivity contribution in [2.24, 2.45) is 0 Å². The van der Waals surface area contributed by atoms with Gasteiger partial charge in [-0.3, -0.25) is 14.3 Å². The quantitative estimate of drug-likeness (QED) is 0.750. The topological polar surface area (TPSA) is 79.3 Å². The molecule has 0 aliphatic carbocycles. The molecule has 0 radical (unpaired) electrons. The predicted molar refractivity (Wildman–Crippen MR) is 103 cm³/mol. The molecule has 2 N–H and O–H groups in total. The number of aromatic nitrogens is 2. The van der Waals surface area contributed by atoms with Crippen LogP contribution in [-0.4, -0.2) is 52.7 Å². The molecule has 28 heavy (non-hydrogen) atoms. The van der Waals surface area contributed by atoms with Crippen LogP contribution in [0.2, 0.25) is 0 Å². The van der Waals surface area contributed by atoms with Crippen LogP contribution in [0.3, 0.4) is 0 Å². The number of hydrogen-bond acceptors (Lipinski definition) is 4. The van der Waals surface area contributed by atoms with Gasteiger partial charge in [0.1, 0.15) is 11.4 Å². The van der Waals surface area contributed by atoms with Crippen LogP contribution in [0.5, 0.6) is 0 Å². The van der Waals surface area contributed by atoms with Crippen LogP contribution >= 0.6 is 0 Å². The lowest BCUT2D eigenvalue weighted by Crippen LogP contribution is -2.57. The first-order valence-corrected chi connectivity index (χ1v) is 9.56. The molecule has 0 atom stereocenters. The Kier molecular flexibility index (Phi) is 6.41. The summed E-state index contributed by atoms with van der Waals surface area (Å²) in [4.78, 5) is 27.4. The smallest absolute Gasteiger partial charge is 0.251 e. The second kappa shape index (κ2) is 8.97. The standard InChI is InChI=1S/C20H26FN5O2/c1-2-25(15-18(27)23-14-16-4-6-17(21)7-5-16)19(28)20(8-11-22-12-9-20)26-13-3-10-24-26/h3-7,10,13,22H,2,8-9,11-12,14-15H2,1H3,(H,23,27). The maximum atomic E-state index is 13.4. The Bertz CT molecular complexity index is 785. The molecule has 1 saturated heterocycles. The molecule has 1 aromatic carbocycles. The first-order valence-electron chi connectivity index (χ1n) is 9.56. The fourth-order valence-electron chi connectivity index (χ4n) is 3.56. The molecule has 3 rings (SSSR count). The third-order valence-corrected chi connectivity index (χ3v) is 5.18. The number of piperidine rings is 1. The monoisotopic (exact) mass is 387 g/mol. The molecule has 8 heteroatoms. The normalized spacial score (nSPS) is 15.8. The molecule has 2 amide bonds. The Labute approximate surface area is 163 Å². The zero-order valence-corrected chi connectivity index (χ0v) is 16.0. The molecule has 7 nitrogen and oxygen atoms in total. The molecule has 0 spiro atoms. The number of nitrogens with one attached hydrogen (secondary N) is 2. The van der Waals surface area contributed by atoms with Gasteiger partial charge in [0.25, 0.3) is 5.91 Å². The van der Waals surface area contributed by atoms with Crippen molar-refractivity contribution in [3.63, 3.8) is 0 Å². The van der Waals surface area contributed by atoms with E-state index in [-0.39, 0.29) is 24.2 Å².